The molecule has 0 fully saturated rings. The molecular weight excluding hydrogens is 392 g/mol. The van der Waals surface area contributed by atoms with Crippen LogP contribution in [-0.2, 0) is 16.0 Å². The Labute approximate surface area is 172 Å². The number of nitrogens with one attached hydrogen (secondary N) is 2. The van der Waals surface area contributed by atoms with Crippen molar-refractivity contribution in [3.8, 4) is 10.6 Å². The second kappa shape index (κ2) is 9.07. The first-order valence-corrected chi connectivity index (χ1v) is 10.6. The molecule has 0 aliphatic heterocycles. The van der Waals surface area contributed by atoms with Crippen LogP contribution < -0.4 is 10.6 Å². The smallest absolute Gasteiger partial charge is 0.249 e. The topological polar surface area (TPSA) is 84.0 Å². The summed E-state index contributed by atoms with van der Waals surface area (Å²) in [6.45, 7) is 5.81. The monoisotopic (exact) mass is 414 g/mol. The maximum absolute atomic E-state index is 12.7. The molecule has 0 aliphatic rings. The summed E-state index contributed by atoms with van der Waals surface area (Å²) in [6.07, 6.45) is 0.268. The number of carbonyl (C=O) groups is 2. The van der Waals surface area contributed by atoms with Crippen LogP contribution in [0.25, 0.3) is 10.6 Å². The third-order valence-corrected chi connectivity index (χ3v) is 5.86. The van der Waals surface area contributed by atoms with E-state index in [0.717, 1.165) is 21.0 Å². The molecule has 0 saturated heterocycles. The van der Waals surface area contributed by atoms with E-state index in [0.29, 0.717) is 5.13 Å². The van der Waals surface area contributed by atoms with E-state index in [1.807, 2.05) is 62.5 Å². The Balaban J connectivity index is 1.65. The second-order valence-electron chi connectivity index (χ2n) is 6.82. The van der Waals surface area contributed by atoms with Crippen LogP contribution >= 0.6 is 22.7 Å². The molecule has 0 radical (unpaired) electrons. The van der Waals surface area contributed by atoms with Crippen molar-refractivity contribution in [1.29, 1.82) is 0 Å². The van der Waals surface area contributed by atoms with Crippen LogP contribution in [0.5, 0.6) is 0 Å². The lowest BCUT2D eigenvalue weighted by atomic mass is 10.0. The van der Waals surface area contributed by atoms with Gasteiger partial charge in [0.2, 0.25) is 16.9 Å². The number of thiophene rings is 1. The van der Waals surface area contributed by atoms with Gasteiger partial charge in [0.25, 0.3) is 0 Å². The summed E-state index contributed by atoms with van der Waals surface area (Å²) >= 11 is 2.83. The molecular formula is C20H22N4O2S2. The van der Waals surface area contributed by atoms with Crippen molar-refractivity contribution in [2.45, 2.75) is 33.2 Å². The highest BCUT2D eigenvalue weighted by atomic mass is 32.1. The summed E-state index contributed by atoms with van der Waals surface area (Å²) < 4.78 is 0. The first-order valence-electron chi connectivity index (χ1n) is 8.95. The van der Waals surface area contributed by atoms with Crippen molar-refractivity contribution in [2.24, 2.45) is 5.92 Å². The number of aryl methyl sites for hydroxylation is 1. The average Bonchev–Trinajstić information content (AvgIpc) is 3.31. The number of hydrogen-bond acceptors (Lipinski definition) is 6. The molecule has 0 spiro atoms. The zero-order valence-electron chi connectivity index (χ0n) is 15.9. The Bertz CT molecular complexity index is 951. The molecule has 2 amide bonds. The van der Waals surface area contributed by atoms with Crippen molar-refractivity contribution in [3.05, 3.63) is 52.2 Å². The lowest BCUT2D eigenvalue weighted by Crippen LogP contribution is -2.47. The van der Waals surface area contributed by atoms with E-state index < -0.39 is 6.04 Å². The van der Waals surface area contributed by atoms with Crippen LogP contribution in [0.4, 0.5) is 5.13 Å². The summed E-state index contributed by atoms with van der Waals surface area (Å²) in [5.41, 5.74) is 2.09. The third kappa shape index (κ3) is 5.24. The molecule has 2 heterocycles. The van der Waals surface area contributed by atoms with Gasteiger partial charge in [0, 0.05) is 10.4 Å². The van der Waals surface area contributed by atoms with Gasteiger partial charge in [-0.2, -0.15) is 0 Å². The maximum Gasteiger partial charge on any atom is 0.249 e. The number of aromatic nitrogens is 2. The van der Waals surface area contributed by atoms with Crippen molar-refractivity contribution in [1.82, 2.24) is 15.5 Å². The van der Waals surface area contributed by atoms with E-state index in [9.17, 15) is 9.59 Å². The van der Waals surface area contributed by atoms with E-state index >= 15 is 0 Å². The van der Waals surface area contributed by atoms with Gasteiger partial charge in [-0.1, -0.05) is 55.0 Å². The summed E-state index contributed by atoms with van der Waals surface area (Å²) in [7, 11) is 0. The Morgan fingerprint density at radius 3 is 2.64 bits per heavy atom. The highest BCUT2D eigenvalue weighted by Gasteiger charge is 2.25. The van der Waals surface area contributed by atoms with Crippen LogP contribution in [0.3, 0.4) is 0 Å². The van der Waals surface area contributed by atoms with Crippen molar-refractivity contribution in [3.63, 3.8) is 0 Å². The first-order chi connectivity index (χ1) is 13.4. The van der Waals surface area contributed by atoms with Gasteiger partial charge >= 0.3 is 0 Å². The lowest BCUT2D eigenvalue weighted by Gasteiger charge is -2.20. The van der Waals surface area contributed by atoms with Gasteiger partial charge in [-0.15, -0.1) is 21.5 Å². The van der Waals surface area contributed by atoms with Crippen molar-refractivity contribution < 1.29 is 9.59 Å². The number of rotatable bonds is 7. The van der Waals surface area contributed by atoms with Crippen molar-refractivity contribution >= 4 is 39.6 Å². The van der Waals surface area contributed by atoms with Crippen LogP contribution in [0, 0.1) is 12.8 Å². The highest BCUT2D eigenvalue weighted by molar-refractivity contribution is 7.18. The van der Waals surface area contributed by atoms with E-state index in [1.165, 1.54) is 22.7 Å². The molecule has 3 rings (SSSR count). The summed E-state index contributed by atoms with van der Waals surface area (Å²) in [5.74, 6) is -0.521. The third-order valence-electron chi connectivity index (χ3n) is 4.10. The number of anilines is 1. The number of hydrogen-bond donors (Lipinski definition) is 2. The Kier molecular flexibility index (Phi) is 6.53. The Morgan fingerprint density at radius 1 is 1.14 bits per heavy atom. The van der Waals surface area contributed by atoms with Gasteiger partial charge in [-0.05, 0) is 30.4 Å². The predicted molar refractivity (Wildman–Crippen MR) is 114 cm³/mol. The van der Waals surface area contributed by atoms with Crippen LogP contribution in [0.15, 0.2) is 41.8 Å². The largest absolute Gasteiger partial charge is 0.344 e. The summed E-state index contributed by atoms with van der Waals surface area (Å²) in [6, 6.07) is 11.1. The first kappa shape index (κ1) is 20.2. The molecule has 8 heteroatoms. The predicted octanol–water partition coefficient (Wildman–Crippen LogP) is 3.90. The minimum atomic E-state index is -0.640. The standard InChI is InChI=1S/C20H22N4O2S2/c1-12(2)17(21-16(25)11-15-8-5-9-27-15)18(26)22-20-24-23-19(28-20)14-7-4-6-13(3)10-14/h4-10,12,17H,11H2,1-3H3,(H,21,25)(H,22,24,26). The highest BCUT2D eigenvalue weighted by Crippen LogP contribution is 2.27. The normalized spacial score (nSPS) is 12.0. The van der Waals surface area contributed by atoms with Gasteiger partial charge < -0.3 is 5.32 Å². The van der Waals surface area contributed by atoms with Crippen molar-refractivity contribution in [2.75, 3.05) is 5.32 Å². The summed E-state index contributed by atoms with van der Waals surface area (Å²) in [5, 5.41) is 16.9. The molecule has 1 unspecified atom stereocenters. The van der Waals surface area contributed by atoms with E-state index in [4.69, 9.17) is 0 Å². The quantitative estimate of drug-likeness (QED) is 0.614. The number of nitrogens with zero attached hydrogens (tertiary/aromatic N) is 2. The Morgan fingerprint density at radius 2 is 1.96 bits per heavy atom. The molecule has 28 heavy (non-hydrogen) atoms. The number of carbonyl (C=O) groups excluding carboxylic acids is 2. The molecule has 0 saturated carbocycles. The van der Waals surface area contributed by atoms with Crippen LogP contribution in [0.2, 0.25) is 0 Å². The van der Waals surface area contributed by atoms with Gasteiger partial charge in [-0.3, -0.25) is 14.9 Å². The molecule has 1 atom stereocenters. The number of benzene rings is 1. The fourth-order valence-electron chi connectivity index (χ4n) is 2.68. The zero-order valence-corrected chi connectivity index (χ0v) is 17.6. The molecule has 6 nitrogen and oxygen atoms in total. The molecule has 1 aromatic carbocycles. The fourth-order valence-corrected chi connectivity index (χ4v) is 4.13. The molecule has 2 aromatic heterocycles. The van der Waals surface area contributed by atoms with Gasteiger partial charge in [0.05, 0.1) is 6.42 Å². The molecule has 2 N–H and O–H groups in total. The minimum absolute atomic E-state index is 0.0588. The van der Waals surface area contributed by atoms with E-state index in [-0.39, 0.29) is 24.2 Å². The average molecular weight is 415 g/mol. The SMILES string of the molecule is Cc1cccc(-c2nnc(NC(=O)C(NC(=O)Cc3cccs3)C(C)C)s2)c1. The zero-order chi connectivity index (χ0) is 20.1. The van der Waals surface area contributed by atoms with E-state index in [1.54, 1.807) is 0 Å². The fraction of sp³-hybridized carbons (Fsp3) is 0.300. The molecule has 146 valence electrons. The molecule has 0 bridgehead atoms. The van der Waals surface area contributed by atoms with E-state index in [2.05, 4.69) is 20.8 Å². The van der Waals surface area contributed by atoms with Gasteiger partial charge in [0.15, 0.2) is 0 Å². The molecule has 0 aliphatic carbocycles. The Hall–Kier alpha value is -2.58. The van der Waals surface area contributed by atoms with Crippen LogP contribution in [-0.4, -0.2) is 28.1 Å². The summed E-state index contributed by atoms with van der Waals surface area (Å²) in [4.78, 5) is 26.0. The van der Waals surface area contributed by atoms with Gasteiger partial charge in [-0.25, -0.2) is 0 Å². The molecule has 3 aromatic rings. The minimum Gasteiger partial charge on any atom is -0.344 e. The lowest BCUT2D eigenvalue weighted by molar-refractivity contribution is -0.127. The second-order valence-corrected chi connectivity index (χ2v) is 8.83. The van der Waals surface area contributed by atoms with Crippen LogP contribution in [0.1, 0.15) is 24.3 Å². The maximum atomic E-state index is 12.7. The van der Waals surface area contributed by atoms with Gasteiger partial charge in [0.1, 0.15) is 11.0 Å². The number of amides is 2.